The summed E-state index contributed by atoms with van der Waals surface area (Å²) in [6.07, 6.45) is 3.62. The highest BCUT2D eigenvalue weighted by Gasteiger charge is 2.49. The first-order chi connectivity index (χ1) is 7.02. The quantitative estimate of drug-likeness (QED) is 0.706. The van der Waals surface area contributed by atoms with Crippen molar-refractivity contribution in [1.82, 2.24) is 4.90 Å². The van der Waals surface area contributed by atoms with Crippen molar-refractivity contribution < 1.29 is 14.7 Å². The van der Waals surface area contributed by atoms with E-state index in [2.05, 4.69) is 0 Å². The summed E-state index contributed by atoms with van der Waals surface area (Å²) in [5.41, 5.74) is 0.132. The van der Waals surface area contributed by atoms with Crippen LogP contribution in [0.15, 0.2) is 0 Å². The molecule has 1 aliphatic carbocycles. The van der Waals surface area contributed by atoms with Gasteiger partial charge in [-0.05, 0) is 31.1 Å². The summed E-state index contributed by atoms with van der Waals surface area (Å²) < 4.78 is 0. The van der Waals surface area contributed by atoms with Crippen LogP contribution in [0, 0.1) is 11.3 Å². The van der Waals surface area contributed by atoms with Crippen molar-refractivity contribution in [3.63, 3.8) is 0 Å². The Morgan fingerprint density at radius 1 is 1.40 bits per heavy atom. The zero-order valence-corrected chi connectivity index (χ0v) is 9.03. The normalized spacial score (nSPS) is 35.0. The molecule has 0 aromatic heterocycles. The number of likely N-dealkylation sites (tertiary alicyclic amines) is 1. The number of carbonyl (C=O) groups excluding carboxylic acids is 1. The van der Waals surface area contributed by atoms with Crippen LogP contribution in [0.4, 0.5) is 0 Å². The van der Waals surface area contributed by atoms with Gasteiger partial charge in [-0.3, -0.25) is 9.59 Å². The second kappa shape index (κ2) is 3.51. The highest BCUT2D eigenvalue weighted by molar-refractivity contribution is 5.74. The van der Waals surface area contributed by atoms with E-state index in [1.807, 2.05) is 4.90 Å². The molecule has 1 heterocycles. The summed E-state index contributed by atoms with van der Waals surface area (Å²) in [5, 5.41) is 8.84. The lowest BCUT2D eigenvalue weighted by Gasteiger charge is -2.51. The SMILES string of the molecule is CC(=O)N1CCCC2(CC(C(=O)O)C2)C1. The predicted molar refractivity (Wildman–Crippen MR) is 54.3 cm³/mol. The Balaban J connectivity index is 1.95. The van der Waals surface area contributed by atoms with Gasteiger partial charge < -0.3 is 10.0 Å². The van der Waals surface area contributed by atoms with Gasteiger partial charge in [0, 0.05) is 20.0 Å². The van der Waals surface area contributed by atoms with Gasteiger partial charge in [0.2, 0.25) is 5.91 Å². The van der Waals surface area contributed by atoms with Crippen molar-refractivity contribution in [3.8, 4) is 0 Å². The number of hydrogen-bond donors (Lipinski definition) is 1. The van der Waals surface area contributed by atoms with E-state index in [4.69, 9.17) is 5.11 Å². The van der Waals surface area contributed by atoms with Crippen molar-refractivity contribution in [3.05, 3.63) is 0 Å². The van der Waals surface area contributed by atoms with E-state index in [9.17, 15) is 9.59 Å². The molecular formula is C11H17NO3. The van der Waals surface area contributed by atoms with Crippen molar-refractivity contribution in [1.29, 1.82) is 0 Å². The molecule has 2 fully saturated rings. The number of hydrogen-bond acceptors (Lipinski definition) is 2. The Morgan fingerprint density at radius 3 is 2.60 bits per heavy atom. The number of amides is 1. The Labute approximate surface area is 89.3 Å². The van der Waals surface area contributed by atoms with Crippen LogP contribution in [0.25, 0.3) is 0 Å². The van der Waals surface area contributed by atoms with Crippen LogP contribution in [-0.4, -0.2) is 35.0 Å². The zero-order chi connectivity index (χ0) is 11.1. The van der Waals surface area contributed by atoms with Gasteiger partial charge in [-0.2, -0.15) is 0 Å². The van der Waals surface area contributed by atoms with Gasteiger partial charge in [0.15, 0.2) is 0 Å². The average Bonchev–Trinajstić information content (AvgIpc) is 2.13. The molecule has 4 heteroatoms. The smallest absolute Gasteiger partial charge is 0.306 e. The third-order valence-corrected chi connectivity index (χ3v) is 3.81. The summed E-state index contributed by atoms with van der Waals surface area (Å²) in [7, 11) is 0. The van der Waals surface area contributed by atoms with Gasteiger partial charge >= 0.3 is 5.97 Å². The van der Waals surface area contributed by atoms with Gasteiger partial charge in [0.1, 0.15) is 0 Å². The lowest BCUT2D eigenvalue weighted by Crippen LogP contribution is -2.53. The molecule has 84 valence electrons. The first-order valence-electron chi connectivity index (χ1n) is 5.51. The number of rotatable bonds is 1. The van der Waals surface area contributed by atoms with Crippen molar-refractivity contribution >= 4 is 11.9 Å². The Hall–Kier alpha value is -1.06. The number of piperidine rings is 1. The van der Waals surface area contributed by atoms with Crippen LogP contribution < -0.4 is 0 Å². The number of carboxylic acids is 1. The van der Waals surface area contributed by atoms with Crippen LogP contribution in [0.2, 0.25) is 0 Å². The van der Waals surface area contributed by atoms with Crippen molar-refractivity contribution in [2.24, 2.45) is 11.3 Å². The van der Waals surface area contributed by atoms with Crippen LogP contribution in [0.1, 0.15) is 32.6 Å². The maximum absolute atomic E-state index is 11.3. The van der Waals surface area contributed by atoms with E-state index in [0.29, 0.717) is 0 Å². The minimum absolute atomic E-state index is 0.118. The number of carboxylic acid groups (broad SMARTS) is 1. The average molecular weight is 211 g/mol. The van der Waals surface area contributed by atoms with E-state index in [0.717, 1.165) is 38.8 Å². The van der Waals surface area contributed by atoms with Crippen LogP contribution in [0.3, 0.4) is 0 Å². The lowest BCUT2D eigenvalue weighted by molar-refractivity contribution is -0.154. The molecule has 1 N–H and O–H groups in total. The van der Waals surface area contributed by atoms with Gasteiger partial charge in [0.25, 0.3) is 0 Å². The first-order valence-corrected chi connectivity index (χ1v) is 5.51. The molecule has 1 spiro atoms. The van der Waals surface area contributed by atoms with Crippen molar-refractivity contribution in [2.75, 3.05) is 13.1 Å². The minimum atomic E-state index is -0.680. The molecular weight excluding hydrogens is 194 g/mol. The maximum atomic E-state index is 11.3. The van der Waals surface area contributed by atoms with Gasteiger partial charge in [-0.15, -0.1) is 0 Å². The second-order valence-corrected chi connectivity index (χ2v) is 4.99. The molecule has 0 bridgehead atoms. The first kappa shape index (κ1) is 10.5. The number of carbonyl (C=O) groups is 2. The van der Waals surface area contributed by atoms with E-state index in [1.54, 1.807) is 6.92 Å². The Bertz CT molecular complexity index is 294. The second-order valence-electron chi connectivity index (χ2n) is 4.99. The molecule has 0 aromatic rings. The van der Waals surface area contributed by atoms with E-state index >= 15 is 0 Å². The summed E-state index contributed by atoms with van der Waals surface area (Å²) >= 11 is 0. The molecule has 1 saturated heterocycles. The number of aliphatic carboxylic acids is 1. The molecule has 0 unspecified atom stereocenters. The Kier molecular flexibility index (Phi) is 2.44. The summed E-state index contributed by atoms with van der Waals surface area (Å²) in [5.74, 6) is -0.731. The molecule has 1 amide bonds. The summed E-state index contributed by atoms with van der Waals surface area (Å²) in [4.78, 5) is 23.9. The maximum Gasteiger partial charge on any atom is 0.306 e. The lowest BCUT2D eigenvalue weighted by atomic mass is 9.58. The topological polar surface area (TPSA) is 57.6 Å². The molecule has 4 nitrogen and oxygen atoms in total. The van der Waals surface area contributed by atoms with Crippen LogP contribution in [0.5, 0.6) is 0 Å². The molecule has 0 atom stereocenters. The highest BCUT2D eigenvalue weighted by Crippen LogP contribution is 2.51. The number of nitrogens with zero attached hydrogens (tertiary/aromatic N) is 1. The zero-order valence-electron chi connectivity index (χ0n) is 9.03. The molecule has 2 rings (SSSR count). The molecule has 0 radical (unpaired) electrons. The summed E-state index contributed by atoms with van der Waals surface area (Å²) in [6, 6.07) is 0. The van der Waals surface area contributed by atoms with E-state index in [-0.39, 0.29) is 17.2 Å². The van der Waals surface area contributed by atoms with Gasteiger partial charge in [0.05, 0.1) is 5.92 Å². The third kappa shape index (κ3) is 1.85. The van der Waals surface area contributed by atoms with E-state index in [1.165, 1.54) is 0 Å². The molecule has 0 aromatic carbocycles. The predicted octanol–water partition coefficient (Wildman–Crippen LogP) is 1.11. The fraction of sp³-hybridized carbons (Fsp3) is 0.818. The summed E-state index contributed by atoms with van der Waals surface area (Å²) in [6.45, 7) is 3.20. The van der Waals surface area contributed by atoms with E-state index < -0.39 is 5.97 Å². The molecule has 15 heavy (non-hydrogen) atoms. The molecule has 1 aliphatic heterocycles. The van der Waals surface area contributed by atoms with Crippen LogP contribution in [-0.2, 0) is 9.59 Å². The Morgan fingerprint density at radius 2 is 2.07 bits per heavy atom. The standard InChI is InChI=1S/C11H17NO3/c1-8(13)12-4-2-3-11(7-12)5-9(6-11)10(14)15/h9H,2-7H2,1H3,(H,14,15). The minimum Gasteiger partial charge on any atom is -0.481 e. The molecule has 2 aliphatic rings. The fourth-order valence-electron chi connectivity index (χ4n) is 2.97. The highest BCUT2D eigenvalue weighted by atomic mass is 16.4. The van der Waals surface area contributed by atoms with Crippen molar-refractivity contribution in [2.45, 2.75) is 32.6 Å². The largest absolute Gasteiger partial charge is 0.481 e. The molecule has 1 saturated carbocycles. The third-order valence-electron chi connectivity index (χ3n) is 3.81. The fourth-order valence-corrected chi connectivity index (χ4v) is 2.97. The monoisotopic (exact) mass is 211 g/mol. The van der Waals surface area contributed by atoms with Crippen LogP contribution >= 0.6 is 0 Å². The van der Waals surface area contributed by atoms with Gasteiger partial charge in [-0.25, -0.2) is 0 Å². The van der Waals surface area contributed by atoms with Gasteiger partial charge in [-0.1, -0.05) is 0 Å².